The third kappa shape index (κ3) is 3.22. The molecule has 5 nitrogen and oxygen atoms in total. The molecule has 2 N–H and O–H groups in total. The first-order valence-electron chi connectivity index (χ1n) is 4.16. The molecule has 0 fully saturated rings. The summed E-state index contributed by atoms with van der Waals surface area (Å²) in [7, 11) is 1.82. The predicted octanol–water partition coefficient (Wildman–Crippen LogP) is 0.242. The van der Waals surface area contributed by atoms with Crippen LogP contribution in [0.4, 0.5) is 0 Å². The maximum absolute atomic E-state index is 11.0. The minimum absolute atomic E-state index is 0.223. The molecule has 0 bridgehead atoms. The minimum atomic E-state index is -0.223. The number of rotatable bonds is 4. The summed E-state index contributed by atoms with van der Waals surface area (Å²) in [4.78, 5) is 11.0. The zero-order valence-corrected chi connectivity index (χ0v) is 7.90. The molecular weight excluding hydrogens is 180 g/mol. The van der Waals surface area contributed by atoms with E-state index in [-0.39, 0.29) is 5.91 Å². The molecule has 1 rings (SSSR count). The fourth-order valence-electron chi connectivity index (χ4n) is 0.930. The first-order valence-corrected chi connectivity index (χ1v) is 4.16. The van der Waals surface area contributed by atoms with E-state index in [1.54, 1.807) is 4.68 Å². The number of hydrogen-bond acceptors (Lipinski definition) is 3. The Hall–Kier alpha value is -1.91. The molecule has 14 heavy (non-hydrogen) atoms. The molecule has 1 heterocycles. The van der Waals surface area contributed by atoms with E-state index in [9.17, 15) is 4.79 Å². The van der Waals surface area contributed by atoms with Gasteiger partial charge in [-0.15, -0.1) is 0 Å². The van der Waals surface area contributed by atoms with Gasteiger partial charge in [-0.25, -0.2) is 0 Å². The van der Waals surface area contributed by atoms with Gasteiger partial charge >= 0.3 is 0 Å². The van der Waals surface area contributed by atoms with Crippen LogP contribution in [0, 0.1) is 5.41 Å². The number of aryl methyl sites for hydroxylation is 1. The zero-order chi connectivity index (χ0) is 10.4. The number of nitrogens with zero attached hydrogens (tertiary/aromatic N) is 2. The average molecular weight is 192 g/mol. The molecule has 0 saturated heterocycles. The van der Waals surface area contributed by atoms with Crippen molar-refractivity contribution in [3.63, 3.8) is 0 Å². The van der Waals surface area contributed by atoms with Crippen molar-refractivity contribution >= 4 is 12.1 Å². The van der Waals surface area contributed by atoms with Crippen LogP contribution in [0.5, 0.6) is 0 Å². The van der Waals surface area contributed by atoms with Gasteiger partial charge < -0.3 is 10.7 Å². The van der Waals surface area contributed by atoms with Gasteiger partial charge in [-0.1, -0.05) is 0 Å². The first kappa shape index (κ1) is 10.2. The highest BCUT2D eigenvalue weighted by Gasteiger charge is 1.98. The fraction of sp³-hybridized carbons (Fsp3) is 0.222. The van der Waals surface area contributed by atoms with Gasteiger partial charge in [0.25, 0.3) is 0 Å². The summed E-state index contributed by atoms with van der Waals surface area (Å²) in [5.74, 6) is -0.223. The van der Waals surface area contributed by atoms with Gasteiger partial charge in [0.15, 0.2) is 0 Å². The maximum Gasteiger partial charge on any atom is 0.244 e. The molecule has 5 heteroatoms. The molecule has 1 aromatic rings. The number of carbonyl (C=O) groups excluding carboxylic acids is 1. The van der Waals surface area contributed by atoms with Crippen molar-refractivity contribution in [2.45, 2.75) is 6.54 Å². The van der Waals surface area contributed by atoms with Crippen LogP contribution in [0.1, 0.15) is 5.69 Å². The van der Waals surface area contributed by atoms with Crippen LogP contribution in [-0.4, -0.2) is 21.9 Å². The van der Waals surface area contributed by atoms with E-state index in [0.29, 0.717) is 6.54 Å². The van der Waals surface area contributed by atoms with Gasteiger partial charge in [0.2, 0.25) is 5.91 Å². The molecule has 0 spiro atoms. The van der Waals surface area contributed by atoms with Crippen molar-refractivity contribution in [2.24, 2.45) is 7.05 Å². The van der Waals surface area contributed by atoms with Crippen LogP contribution in [0.3, 0.4) is 0 Å². The molecule has 1 aromatic heterocycles. The Bertz CT molecular complexity index is 353. The lowest BCUT2D eigenvalue weighted by Gasteiger charge is -1.97. The van der Waals surface area contributed by atoms with Crippen LogP contribution < -0.4 is 5.32 Å². The summed E-state index contributed by atoms with van der Waals surface area (Å²) in [5, 5.41) is 13.4. The Balaban J connectivity index is 2.37. The van der Waals surface area contributed by atoms with Gasteiger partial charge in [0, 0.05) is 25.5 Å². The highest BCUT2D eigenvalue weighted by Crippen LogP contribution is 1.92. The minimum Gasteiger partial charge on any atom is -0.347 e. The van der Waals surface area contributed by atoms with Gasteiger partial charge in [0.05, 0.1) is 12.2 Å². The Morgan fingerprint density at radius 2 is 2.57 bits per heavy atom. The lowest BCUT2D eigenvalue weighted by atomic mass is 10.4. The van der Waals surface area contributed by atoms with Gasteiger partial charge in [-0.05, 0) is 12.1 Å². The second-order valence-corrected chi connectivity index (χ2v) is 2.72. The predicted molar refractivity (Wildman–Crippen MR) is 53.0 cm³/mol. The summed E-state index contributed by atoms with van der Waals surface area (Å²) in [6, 6.07) is 1.83. The SMILES string of the molecule is Cn1ccc(CNC(=O)/C=C\C=N)n1. The van der Waals surface area contributed by atoms with Crippen LogP contribution in [0.2, 0.25) is 0 Å². The first-order chi connectivity index (χ1) is 6.72. The summed E-state index contributed by atoms with van der Waals surface area (Å²) < 4.78 is 1.68. The molecule has 0 atom stereocenters. The Morgan fingerprint density at radius 1 is 1.79 bits per heavy atom. The maximum atomic E-state index is 11.0. The fourth-order valence-corrected chi connectivity index (χ4v) is 0.930. The van der Waals surface area contributed by atoms with Crippen molar-refractivity contribution in [3.05, 3.63) is 30.1 Å². The van der Waals surface area contributed by atoms with Gasteiger partial charge in [-0.3, -0.25) is 9.48 Å². The number of allylic oxidation sites excluding steroid dienone is 1. The molecule has 0 aliphatic heterocycles. The van der Waals surface area contributed by atoms with E-state index in [1.165, 1.54) is 12.2 Å². The molecule has 0 radical (unpaired) electrons. The smallest absolute Gasteiger partial charge is 0.244 e. The van der Waals surface area contributed by atoms with Gasteiger partial charge in [0.1, 0.15) is 0 Å². The standard InChI is InChI=1S/C9H12N4O/c1-13-6-4-8(12-13)7-11-9(14)3-2-5-10/h2-6,10H,7H2,1H3,(H,11,14)/b3-2-,10-5?. The van der Waals surface area contributed by atoms with Crippen LogP contribution >= 0.6 is 0 Å². The normalized spacial score (nSPS) is 10.4. The number of carbonyl (C=O) groups is 1. The summed E-state index contributed by atoms with van der Waals surface area (Å²) in [6.45, 7) is 0.405. The highest BCUT2D eigenvalue weighted by atomic mass is 16.1. The Labute approximate surface area is 81.9 Å². The molecule has 0 aliphatic rings. The molecule has 1 amide bonds. The summed E-state index contributed by atoms with van der Waals surface area (Å²) in [6.07, 6.45) is 5.54. The Kier molecular flexibility index (Phi) is 3.60. The largest absolute Gasteiger partial charge is 0.347 e. The summed E-state index contributed by atoms with van der Waals surface area (Å²) >= 11 is 0. The van der Waals surface area contributed by atoms with Gasteiger partial charge in [-0.2, -0.15) is 5.10 Å². The summed E-state index contributed by atoms with van der Waals surface area (Å²) in [5.41, 5.74) is 0.809. The third-order valence-corrected chi connectivity index (χ3v) is 1.56. The monoisotopic (exact) mass is 192 g/mol. The highest BCUT2D eigenvalue weighted by molar-refractivity contribution is 5.91. The quantitative estimate of drug-likeness (QED) is 0.530. The van der Waals surface area contributed by atoms with E-state index in [1.807, 2.05) is 19.3 Å². The number of aromatic nitrogens is 2. The zero-order valence-electron chi connectivity index (χ0n) is 7.90. The van der Waals surface area contributed by atoms with Crippen molar-refractivity contribution in [1.82, 2.24) is 15.1 Å². The molecule has 0 unspecified atom stereocenters. The van der Waals surface area contributed by atoms with E-state index in [4.69, 9.17) is 5.41 Å². The van der Waals surface area contributed by atoms with Crippen LogP contribution in [0.25, 0.3) is 0 Å². The lowest BCUT2D eigenvalue weighted by Crippen LogP contribution is -2.20. The van der Waals surface area contributed by atoms with Crippen LogP contribution in [-0.2, 0) is 18.4 Å². The number of amides is 1. The third-order valence-electron chi connectivity index (χ3n) is 1.56. The second-order valence-electron chi connectivity index (χ2n) is 2.72. The van der Waals surface area contributed by atoms with Crippen molar-refractivity contribution in [3.8, 4) is 0 Å². The molecule has 0 aromatic carbocycles. The molecule has 74 valence electrons. The average Bonchev–Trinajstić information content (AvgIpc) is 2.58. The van der Waals surface area contributed by atoms with Crippen molar-refractivity contribution in [1.29, 1.82) is 5.41 Å². The topological polar surface area (TPSA) is 70.8 Å². The number of hydrogen-bond donors (Lipinski definition) is 2. The molecule has 0 aliphatic carbocycles. The van der Waals surface area contributed by atoms with Crippen molar-refractivity contribution in [2.75, 3.05) is 0 Å². The van der Waals surface area contributed by atoms with E-state index in [2.05, 4.69) is 10.4 Å². The second kappa shape index (κ2) is 4.96. The van der Waals surface area contributed by atoms with Crippen molar-refractivity contribution < 1.29 is 4.79 Å². The van der Waals surface area contributed by atoms with E-state index >= 15 is 0 Å². The molecular formula is C9H12N4O. The van der Waals surface area contributed by atoms with Crippen LogP contribution in [0.15, 0.2) is 24.4 Å². The van der Waals surface area contributed by atoms with E-state index < -0.39 is 0 Å². The molecule has 0 saturated carbocycles. The van der Waals surface area contributed by atoms with E-state index in [0.717, 1.165) is 11.9 Å². The number of nitrogens with one attached hydrogen (secondary N) is 2. The lowest BCUT2D eigenvalue weighted by molar-refractivity contribution is -0.116. The Morgan fingerprint density at radius 3 is 3.14 bits per heavy atom.